The predicted molar refractivity (Wildman–Crippen MR) is 140 cm³/mol. The number of nitrogens with one attached hydrogen (secondary N) is 2. The van der Waals surface area contributed by atoms with Crippen LogP contribution in [0.1, 0.15) is 57.5 Å². The first kappa shape index (κ1) is 26.0. The Kier molecular flexibility index (Phi) is 7.80. The molecule has 1 aliphatic heterocycles. The second kappa shape index (κ2) is 11.4. The van der Waals surface area contributed by atoms with Crippen LogP contribution in [-0.4, -0.2) is 44.8 Å². The molecule has 1 aliphatic carbocycles. The minimum atomic E-state index is -0.631. The van der Waals surface area contributed by atoms with Crippen LogP contribution < -0.4 is 15.4 Å². The molecule has 0 spiro atoms. The van der Waals surface area contributed by atoms with Gasteiger partial charge in [0.2, 0.25) is 5.88 Å². The third-order valence-electron chi connectivity index (χ3n) is 6.83. The van der Waals surface area contributed by atoms with Gasteiger partial charge in [-0.15, -0.1) is 11.8 Å². The van der Waals surface area contributed by atoms with Crippen LogP contribution in [0.5, 0.6) is 17.4 Å². The number of carbonyl (C=O) groups excluding carboxylic acids is 2. The number of hydrogen-bond donors (Lipinski definition) is 4. The molecule has 0 atom stereocenters. The van der Waals surface area contributed by atoms with Gasteiger partial charge in [0.1, 0.15) is 22.9 Å². The van der Waals surface area contributed by atoms with Crippen LogP contribution in [0.4, 0.5) is 4.39 Å². The number of aryl methyl sites for hydroxylation is 1. The summed E-state index contributed by atoms with van der Waals surface area (Å²) in [6, 6.07) is 11.0. The molecule has 2 heterocycles. The second-order valence-corrected chi connectivity index (χ2v) is 10.6. The van der Waals surface area contributed by atoms with E-state index >= 15 is 0 Å². The SMILES string of the molecule is O=C(NC1CCC(NC(=O)c2cc(F)cnc2Oc2ccc3c(c2)SCC3)CC1)c1ccc(CO)cc1O. The summed E-state index contributed by atoms with van der Waals surface area (Å²) in [5, 5.41) is 25.1. The Morgan fingerprint density at radius 3 is 2.39 bits per heavy atom. The van der Waals surface area contributed by atoms with Crippen molar-refractivity contribution in [2.75, 3.05) is 5.75 Å². The Morgan fingerprint density at radius 2 is 1.71 bits per heavy atom. The van der Waals surface area contributed by atoms with Crippen LogP contribution in [-0.2, 0) is 13.0 Å². The van der Waals surface area contributed by atoms with Crippen molar-refractivity contribution in [3.05, 3.63) is 76.7 Å². The van der Waals surface area contributed by atoms with Gasteiger partial charge in [-0.2, -0.15) is 0 Å². The number of aromatic nitrogens is 1. The summed E-state index contributed by atoms with van der Waals surface area (Å²) in [5.41, 5.74) is 1.94. The third-order valence-corrected chi connectivity index (χ3v) is 7.93. The van der Waals surface area contributed by atoms with E-state index in [1.165, 1.54) is 17.7 Å². The fourth-order valence-corrected chi connectivity index (χ4v) is 5.87. The standard InChI is InChI=1S/C28H28FN3O5S/c29-18-12-23(28(30-14-18)37-21-7-2-17-9-10-38-25(17)13-21)27(36)32-20-5-3-19(4-6-20)31-26(35)22-8-1-16(15-33)11-24(22)34/h1-2,7-8,11-14,19-20,33-34H,3-6,9-10,15H2,(H,31,35)(H,32,36). The van der Waals surface area contributed by atoms with Crippen LogP contribution in [0.2, 0.25) is 0 Å². The van der Waals surface area contributed by atoms with E-state index in [0.717, 1.165) is 29.3 Å². The molecule has 10 heteroatoms. The summed E-state index contributed by atoms with van der Waals surface area (Å²) in [7, 11) is 0. The van der Waals surface area contributed by atoms with Gasteiger partial charge in [-0.25, -0.2) is 9.37 Å². The molecule has 38 heavy (non-hydrogen) atoms. The maximum absolute atomic E-state index is 14.0. The minimum absolute atomic E-state index is 0.0235. The number of nitrogens with zero attached hydrogens (tertiary/aromatic N) is 1. The number of halogens is 1. The number of phenolic OH excluding ortho intramolecular Hbond substituents is 1. The van der Waals surface area contributed by atoms with Crippen LogP contribution >= 0.6 is 11.8 Å². The van der Waals surface area contributed by atoms with Crippen LogP contribution in [0.15, 0.2) is 53.6 Å². The molecule has 2 amide bonds. The fraction of sp³-hybridized carbons (Fsp3) is 0.321. The zero-order valence-corrected chi connectivity index (χ0v) is 21.4. The van der Waals surface area contributed by atoms with Crippen LogP contribution in [0.3, 0.4) is 0 Å². The molecule has 0 unspecified atom stereocenters. The Morgan fingerprint density at radius 1 is 1.00 bits per heavy atom. The lowest BCUT2D eigenvalue weighted by atomic mass is 9.90. The van der Waals surface area contributed by atoms with Gasteiger partial charge >= 0.3 is 0 Å². The predicted octanol–water partition coefficient (Wildman–Crippen LogP) is 4.33. The van der Waals surface area contributed by atoms with E-state index in [9.17, 15) is 19.1 Å². The number of amides is 2. The van der Waals surface area contributed by atoms with E-state index in [1.54, 1.807) is 17.8 Å². The molecule has 0 bridgehead atoms. The molecule has 0 radical (unpaired) electrons. The van der Waals surface area contributed by atoms with E-state index < -0.39 is 17.6 Å². The van der Waals surface area contributed by atoms with Gasteiger partial charge < -0.3 is 25.6 Å². The average Bonchev–Trinajstić information content (AvgIpc) is 3.38. The zero-order chi connectivity index (χ0) is 26.6. The molecule has 1 saturated carbocycles. The number of pyridine rings is 1. The van der Waals surface area contributed by atoms with Crippen molar-refractivity contribution in [2.45, 2.75) is 55.7 Å². The number of carbonyl (C=O) groups is 2. The molecule has 198 valence electrons. The Balaban J connectivity index is 1.18. The number of hydrogen-bond acceptors (Lipinski definition) is 7. The average molecular weight is 538 g/mol. The lowest BCUT2D eigenvalue weighted by Gasteiger charge is -2.30. The van der Waals surface area contributed by atoms with Crippen molar-refractivity contribution >= 4 is 23.6 Å². The number of phenols is 1. The first-order valence-corrected chi connectivity index (χ1v) is 13.5. The van der Waals surface area contributed by atoms with Crippen molar-refractivity contribution in [3.63, 3.8) is 0 Å². The Hall–Kier alpha value is -3.63. The number of ether oxygens (including phenoxy) is 1. The summed E-state index contributed by atoms with van der Waals surface area (Å²) in [5.74, 6) is -0.0719. The summed E-state index contributed by atoms with van der Waals surface area (Å²) < 4.78 is 19.9. The number of fused-ring (bicyclic) bond motifs is 1. The number of thioether (sulfide) groups is 1. The highest BCUT2D eigenvalue weighted by molar-refractivity contribution is 7.99. The van der Waals surface area contributed by atoms with Crippen molar-refractivity contribution in [2.24, 2.45) is 0 Å². The number of aliphatic hydroxyl groups excluding tert-OH is 1. The fourth-order valence-electron chi connectivity index (χ4n) is 4.77. The largest absolute Gasteiger partial charge is 0.507 e. The summed E-state index contributed by atoms with van der Waals surface area (Å²) in [6.45, 7) is -0.225. The lowest BCUT2D eigenvalue weighted by Crippen LogP contribution is -2.43. The molecule has 8 nitrogen and oxygen atoms in total. The summed E-state index contributed by atoms with van der Waals surface area (Å²) >= 11 is 1.75. The Labute approximate surface area is 223 Å². The molecule has 2 aromatic carbocycles. The number of aromatic hydroxyl groups is 1. The van der Waals surface area contributed by atoms with E-state index in [0.29, 0.717) is 37.0 Å². The van der Waals surface area contributed by atoms with Gasteiger partial charge in [0.05, 0.1) is 18.4 Å². The quantitative estimate of drug-likeness (QED) is 0.354. The van der Waals surface area contributed by atoms with E-state index in [-0.39, 0.29) is 41.4 Å². The number of rotatable bonds is 7. The van der Waals surface area contributed by atoms with Crippen molar-refractivity contribution in [1.82, 2.24) is 15.6 Å². The monoisotopic (exact) mass is 537 g/mol. The lowest BCUT2D eigenvalue weighted by molar-refractivity contribution is 0.0888. The highest BCUT2D eigenvalue weighted by Crippen LogP contribution is 2.35. The molecule has 1 aromatic heterocycles. The van der Waals surface area contributed by atoms with Gasteiger partial charge in [-0.05, 0) is 73.6 Å². The van der Waals surface area contributed by atoms with Crippen LogP contribution in [0, 0.1) is 5.82 Å². The number of aliphatic hydroxyl groups is 1. The highest BCUT2D eigenvalue weighted by Gasteiger charge is 2.26. The molecular formula is C28H28FN3O5S. The topological polar surface area (TPSA) is 121 Å². The molecule has 1 fully saturated rings. The molecule has 4 N–H and O–H groups in total. The van der Waals surface area contributed by atoms with Gasteiger partial charge in [-0.3, -0.25) is 9.59 Å². The van der Waals surface area contributed by atoms with Crippen molar-refractivity contribution in [3.8, 4) is 17.4 Å². The normalized spacial score (nSPS) is 18.5. The van der Waals surface area contributed by atoms with Gasteiger partial charge in [0, 0.05) is 22.7 Å². The molecule has 2 aliphatic rings. The Bertz CT molecular complexity index is 1360. The summed E-state index contributed by atoms with van der Waals surface area (Å²) in [4.78, 5) is 30.8. The molecule has 5 rings (SSSR count). The number of benzene rings is 2. The second-order valence-electron chi connectivity index (χ2n) is 9.48. The highest BCUT2D eigenvalue weighted by atomic mass is 32.2. The minimum Gasteiger partial charge on any atom is -0.507 e. The van der Waals surface area contributed by atoms with E-state index in [1.807, 2.05) is 18.2 Å². The van der Waals surface area contributed by atoms with E-state index in [2.05, 4.69) is 15.6 Å². The molecular weight excluding hydrogens is 509 g/mol. The third kappa shape index (κ3) is 5.92. The summed E-state index contributed by atoms with van der Waals surface area (Å²) in [6.07, 6.45) is 4.53. The van der Waals surface area contributed by atoms with Gasteiger partial charge in [0.15, 0.2) is 0 Å². The smallest absolute Gasteiger partial charge is 0.257 e. The van der Waals surface area contributed by atoms with Crippen LogP contribution in [0.25, 0.3) is 0 Å². The first-order valence-electron chi connectivity index (χ1n) is 12.5. The van der Waals surface area contributed by atoms with Gasteiger partial charge in [0.25, 0.3) is 11.8 Å². The zero-order valence-electron chi connectivity index (χ0n) is 20.6. The maximum Gasteiger partial charge on any atom is 0.257 e. The molecule has 3 aromatic rings. The van der Waals surface area contributed by atoms with Gasteiger partial charge in [-0.1, -0.05) is 12.1 Å². The first-order chi connectivity index (χ1) is 18.4. The van der Waals surface area contributed by atoms with E-state index in [4.69, 9.17) is 9.84 Å². The molecule has 0 saturated heterocycles. The maximum atomic E-state index is 14.0. The van der Waals surface area contributed by atoms with Crippen molar-refractivity contribution < 1.29 is 28.9 Å². The van der Waals surface area contributed by atoms with Crippen molar-refractivity contribution in [1.29, 1.82) is 0 Å².